The van der Waals surface area contributed by atoms with Gasteiger partial charge >= 0.3 is 0 Å². The van der Waals surface area contributed by atoms with Gasteiger partial charge in [-0.25, -0.2) is 13.1 Å². The Morgan fingerprint density at radius 1 is 1.33 bits per heavy atom. The topological polar surface area (TPSA) is 113 Å². The minimum Gasteiger partial charge on any atom is -0.364 e. The van der Waals surface area contributed by atoms with Crippen molar-refractivity contribution in [1.82, 2.24) is 20.5 Å². The molecule has 0 atom stereocenters. The lowest BCUT2D eigenvalue weighted by Gasteiger charge is -2.22. The second-order valence-electron chi connectivity index (χ2n) is 5.73. The molecule has 8 nitrogen and oxygen atoms in total. The van der Waals surface area contributed by atoms with Gasteiger partial charge < -0.3 is 15.2 Å². The van der Waals surface area contributed by atoms with Crippen molar-refractivity contribution in [2.75, 3.05) is 26.2 Å². The maximum Gasteiger partial charge on any atom is 0.220 e. The highest BCUT2D eigenvalue weighted by Crippen LogP contribution is 2.17. The predicted molar refractivity (Wildman–Crippen MR) is 92.2 cm³/mol. The molecule has 1 aliphatic rings. The molecule has 1 aromatic heterocycles. The number of halogens is 1. The second kappa shape index (κ2) is 10.7. The molecule has 2 rings (SSSR count). The van der Waals surface area contributed by atoms with Crippen LogP contribution in [0.5, 0.6) is 0 Å². The lowest BCUT2D eigenvalue weighted by atomic mass is 9.93. The first kappa shape index (κ1) is 20.9. The number of nitrogens with zero attached hydrogens (tertiary/aromatic N) is 1. The molecule has 1 fully saturated rings. The van der Waals surface area contributed by atoms with Crippen molar-refractivity contribution in [3.05, 3.63) is 18.0 Å². The Balaban J connectivity index is 0.00000288. The van der Waals surface area contributed by atoms with Crippen LogP contribution in [0.2, 0.25) is 0 Å². The van der Waals surface area contributed by atoms with Crippen molar-refractivity contribution in [3.8, 4) is 0 Å². The summed E-state index contributed by atoms with van der Waals surface area (Å²) in [6.07, 6.45) is 4.96. The molecule has 0 spiro atoms. The van der Waals surface area contributed by atoms with E-state index in [1.807, 2.05) is 0 Å². The highest BCUT2D eigenvalue weighted by molar-refractivity contribution is 7.88. The zero-order valence-electron chi connectivity index (χ0n) is 13.5. The van der Waals surface area contributed by atoms with Gasteiger partial charge in [0.05, 0.1) is 5.69 Å². The fourth-order valence-corrected chi connectivity index (χ4v) is 3.61. The molecule has 0 bridgehead atoms. The maximum atomic E-state index is 11.8. The van der Waals surface area contributed by atoms with Gasteiger partial charge in [-0.05, 0) is 38.3 Å². The number of nitrogens with one attached hydrogen (secondary N) is 3. The van der Waals surface area contributed by atoms with Gasteiger partial charge in [0, 0.05) is 25.6 Å². The highest BCUT2D eigenvalue weighted by Gasteiger charge is 2.15. The van der Waals surface area contributed by atoms with Gasteiger partial charge in [0.2, 0.25) is 15.9 Å². The Morgan fingerprint density at radius 2 is 2.08 bits per heavy atom. The molecule has 1 saturated heterocycles. The van der Waals surface area contributed by atoms with E-state index in [0.29, 0.717) is 18.0 Å². The van der Waals surface area contributed by atoms with E-state index in [1.54, 1.807) is 0 Å². The van der Waals surface area contributed by atoms with Gasteiger partial charge in [-0.2, -0.15) is 0 Å². The third kappa shape index (κ3) is 8.09. The normalized spacial score (nSPS) is 15.7. The number of piperidine rings is 1. The Labute approximate surface area is 148 Å². The van der Waals surface area contributed by atoms with E-state index in [9.17, 15) is 13.2 Å². The Kier molecular flexibility index (Phi) is 9.27. The first-order valence-electron chi connectivity index (χ1n) is 7.89. The molecule has 24 heavy (non-hydrogen) atoms. The number of carbonyl (C=O) groups is 1. The second-order valence-corrected chi connectivity index (χ2v) is 7.53. The van der Waals surface area contributed by atoms with Gasteiger partial charge in [-0.3, -0.25) is 4.79 Å². The van der Waals surface area contributed by atoms with Crippen molar-refractivity contribution in [1.29, 1.82) is 0 Å². The van der Waals surface area contributed by atoms with Crippen molar-refractivity contribution in [3.63, 3.8) is 0 Å². The number of hydrogen-bond donors (Lipinski definition) is 3. The van der Waals surface area contributed by atoms with Crippen molar-refractivity contribution in [2.45, 2.75) is 31.4 Å². The molecular weight excluding hydrogens is 356 g/mol. The monoisotopic (exact) mass is 380 g/mol. The van der Waals surface area contributed by atoms with Gasteiger partial charge in [0.25, 0.3) is 0 Å². The smallest absolute Gasteiger partial charge is 0.220 e. The predicted octanol–water partition coefficient (Wildman–Crippen LogP) is 0.412. The summed E-state index contributed by atoms with van der Waals surface area (Å²) in [7, 11) is -3.46. The molecule has 0 saturated carbocycles. The molecule has 2 heterocycles. The lowest BCUT2D eigenvalue weighted by Crippen LogP contribution is -2.35. The zero-order chi connectivity index (χ0) is 16.5. The maximum absolute atomic E-state index is 11.8. The van der Waals surface area contributed by atoms with E-state index in [1.165, 1.54) is 12.3 Å². The molecule has 3 N–H and O–H groups in total. The Hall–Kier alpha value is -1.16. The van der Waals surface area contributed by atoms with Crippen LogP contribution in [0.1, 0.15) is 31.4 Å². The third-order valence-electron chi connectivity index (χ3n) is 3.84. The highest BCUT2D eigenvalue weighted by atomic mass is 35.5. The van der Waals surface area contributed by atoms with Crippen LogP contribution in [0.4, 0.5) is 0 Å². The van der Waals surface area contributed by atoms with Crippen molar-refractivity contribution in [2.24, 2.45) is 5.92 Å². The molecule has 0 aromatic carbocycles. The summed E-state index contributed by atoms with van der Waals surface area (Å²) in [4.78, 5) is 11.7. The van der Waals surface area contributed by atoms with Crippen LogP contribution < -0.4 is 15.4 Å². The van der Waals surface area contributed by atoms with E-state index >= 15 is 0 Å². The quantitative estimate of drug-likeness (QED) is 0.535. The number of carbonyl (C=O) groups excluding carboxylic acids is 1. The number of sulfonamides is 1. The van der Waals surface area contributed by atoms with Crippen LogP contribution >= 0.6 is 12.4 Å². The lowest BCUT2D eigenvalue weighted by molar-refractivity contribution is -0.121. The summed E-state index contributed by atoms with van der Waals surface area (Å²) >= 11 is 0. The number of hydrogen-bond acceptors (Lipinski definition) is 6. The largest absolute Gasteiger partial charge is 0.364 e. The SMILES string of the molecule is Cl.O=C(CCC1CCNCC1)NCCNS(=O)(=O)Cc1ccon1. The first-order chi connectivity index (χ1) is 11.1. The van der Waals surface area contributed by atoms with Gasteiger partial charge in [-0.15, -0.1) is 12.4 Å². The van der Waals surface area contributed by atoms with E-state index in [4.69, 9.17) is 0 Å². The van der Waals surface area contributed by atoms with Crippen LogP contribution in [0, 0.1) is 5.92 Å². The van der Waals surface area contributed by atoms with Crippen LogP contribution in [0.25, 0.3) is 0 Å². The molecule has 0 radical (unpaired) electrons. The number of aromatic nitrogens is 1. The average Bonchev–Trinajstić information content (AvgIpc) is 3.03. The van der Waals surface area contributed by atoms with Gasteiger partial charge in [-0.1, -0.05) is 5.16 Å². The molecular formula is C14H25ClN4O4S. The van der Waals surface area contributed by atoms with Gasteiger partial charge in [0.15, 0.2) is 0 Å². The van der Waals surface area contributed by atoms with Crippen LogP contribution in [-0.2, 0) is 20.6 Å². The summed E-state index contributed by atoms with van der Waals surface area (Å²) in [5, 5.41) is 9.59. The zero-order valence-corrected chi connectivity index (χ0v) is 15.1. The van der Waals surface area contributed by atoms with E-state index in [0.717, 1.165) is 32.4 Å². The van der Waals surface area contributed by atoms with Crippen LogP contribution in [-0.4, -0.2) is 45.7 Å². The fourth-order valence-electron chi connectivity index (χ4n) is 2.56. The molecule has 0 unspecified atom stereocenters. The minimum absolute atomic E-state index is 0. The molecule has 10 heteroatoms. The van der Waals surface area contributed by atoms with Crippen LogP contribution in [0.15, 0.2) is 16.9 Å². The molecule has 138 valence electrons. The number of amides is 1. The van der Waals surface area contributed by atoms with Crippen LogP contribution in [0.3, 0.4) is 0 Å². The summed E-state index contributed by atoms with van der Waals surface area (Å²) in [5.74, 6) is 0.356. The van der Waals surface area contributed by atoms with Crippen molar-refractivity contribution >= 4 is 28.3 Å². The third-order valence-corrected chi connectivity index (χ3v) is 5.16. The number of rotatable bonds is 9. The summed E-state index contributed by atoms with van der Waals surface area (Å²) in [6, 6.07) is 1.50. The van der Waals surface area contributed by atoms with E-state index < -0.39 is 10.0 Å². The van der Waals surface area contributed by atoms with Gasteiger partial charge in [0.1, 0.15) is 12.0 Å². The van der Waals surface area contributed by atoms with E-state index in [2.05, 4.69) is 25.0 Å². The van der Waals surface area contributed by atoms with Crippen molar-refractivity contribution < 1.29 is 17.7 Å². The first-order valence-corrected chi connectivity index (χ1v) is 9.54. The molecule has 0 aliphatic carbocycles. The minimum atomic E-state index is -3.46. The summed E-state index contributed by atoms with van der Waals surface area (Å²) < 4.78 is 30.5. The Bertz CT molecular complexity index is 574. The molecule has 1 aromatic rings. The molecule has 1 aliphatic heterocycles. The fraction of sp³-hybridized carbons (Fsp3) is 0.714. The summed E-state index contributed by atoms with van der Waals surface area (Å²) in [6.45, 7) is 2.50. The average molecular weight is 381 g/mol. The molecule has 1 amide bonds. The Morgan fingerprint density at radius 3 is 2.75 bits per heavy atom. The summed E-state index contributed by atoms with van der Waals surface area (Å²) in [5.41, 5.74) is 0.350. The van der Waals surface area contributed by atoms with E-state index in [-0.39, 0.29) is 37.2 Å². The standard InChI is InChI=1S/C14H24N4O4S.ClH/c19-14(2-1-12-3-6-15-7-4-12)16-8-9-17-23(20,21)11-13-5-10-22-18-13;/h5,10,12,15,17H,1-4,6-9,11H2,(H,16,19);1H.